The van der Waals surface area contributed by atoms with Gasteiger partial charge in [0, 0.05) is 18.9 Å². The van der Waals surface area contributed by atoms with Crippen LogP contribution >= 0.6 is 0 Å². The number of carbonyl (C=O) groups excluding carboxylic acids is 1. The molecule has 0 fully saturated rings. The normalized spacial score (nSPS) is 10.7. The Balaban J connectivity index is 2.05. The highest BCUT2D eigenvalue weighted by molar-refractivity contribution is 5.97. The molecule has 0 aliphatic rings. The molecule has 0 aliphatic heterocycles. The third-order valence-electron chi connectivity index (χ3n) is 2.80. The quantitative estimate of drug-likeness (QED) is 0.774. The standard InChI is InChI=1S/C13H17N5O/c1-8(2)11-10(14)12(18-17-11)13(19)16-7-9-4-3-5-15-6-9/h3-6,8H,7,14H2,1-2H3,(H,16,19)(H,17,18). The van der Waals surface area contributed by atoms with Gasteiger partial charge in [0.1, 0.15) is 0 Å². The molecule has 0 bridgehead atoms. The first-order chi connectivity index (χ1) is 9.09. The Hall–Kier alpha value is -2.37. The second kappa shape index (κ2) is 5.51. The number of carbonyl (C=O) groups is 1. The van der Waals surface area contributed by atoms with Gasteiger partial charge in [-0.1, -0.05) is 19.9 Å². The third kappa shape index (κ3) is 2.90. The molecule has 19 heavy (non-hydrogen) atoms. The van der Waals surface area contributed by atoms with Crippen LogP contribution in [-0.4, -0.2) is 21.1 Å². The van der Waals surface area contributed by atoms with Crippen LogP contribution in [0.15, 0.2) is 24.5 Å². The molecule has 0 radical (unpaired) electrons. The Morgan fingerprint density at radius 1 is 1.53 bits per heavy atom. The van der Waals surface area contributed by atoms with Crippen LogP contribution in [0.5, 0.6) is 0 Å². The summed E-state index contributed by atoms with van der Waals surface area (Å²) in [5.74, 6) is -0.0862. The van der Waals surface area contributed by atoms with Gasteiger partial charge in [0.05, 0.1) is 11.4 Å². The number of anilines is 1. The van der Waals surface area contributed by atoms with Gasteiger partial charge >= 0.3 is 0 Å². The van der Waals surface area contributed by atoms with Gasteiger partial charge in [-0.05, 0) is 17.5 Å². The minimum atomic E-state index is -0.287. The third-order valence-corrected chi connectivity index (χ3v) is 2.80. The number of amides is 1. The van der Waals surface area contributed by atoms with Crippen LogP contribution in [0.1, 0.15) is 41.5 Å². The molecular formula is C13H17N5O. The number of aromatic amines is 1. The molecule has 0 aromatic carbocycles. The molecule has 2 aromatic rings. The molecule has 0 atom stereocenters. The SMILES string of the molecule is CC(C)c1[nH]nc(C(=O)NCc2cccnc2)c1N. The van der Waals surface area contributed by atoms with Gasteiger partial charge in [-0.3, -0.25) is 14.9 Å². The van der Waals surface area contributed by atoms with E-state index in [9.17, 15) is 4.79 Å². The second-order valence-corrected chi connectivity index (χ2v) is 4.60. The highest BCUT2D eigenvalue weighted by Gasteiger charge is 2.18. The lowest BCUT2D eigenvalue weighted by molar-refractivity contribution is 0.0947. The Bertz CT molecular complexity index is 562. The molecule has 2 rings (SSSR count). The topological polar surface area (TPSA) is 96.7 Å². The van der Waals surface area contributed by atoms with Crippen molar-refractivity contribution in [2.75, 3.05) is 5.73 Å². The van der Waals surface area contributed by atoms with Gasteiger partial charge in [-0.15, -0.1) is 0 Å². The molecule has 6 nitrogen and oxygen atoms in total. The molecule has 0 saturated carbocycles. The van der Waals surface area contributed by atoms with Crippen LogP contribution in [0.25, 0.3) is 0 Å². The summed E-state index contributed by atoms with van der Waals surface area (Å²) in [5, 5.41) is 9.54. The van der Waals surface area contributed by atoms with Crippen molar-refractivity contribution in [1.82, 2.24) is 20.5 Å². The Morgan fingerprint density at radius 2 is 2.32 bits per heavy atom. The summed E-state index contributed by atoms with van der Waals surface area (Å²) in [7, 11) is 0. The number of nitrogens with zero attached hydrogens (tertiary/aromatic N) is 2. The monoisotopic (exact) mass is 259 g/mol. The van der Waals surface area contributed by atoms with E-state index >= 15 is 0 Å². The second-order valence-electron chi connectivity index (χ2n) is 4.60. The first-order valence-corrected chi connectivity index (χ1v) is 6.10. The Kier molecular flexibility index (Phi) is 3.79. The maximum atomic E-state index is 12.0. The van der Waals surface area contributed by atoms with Gasteiger partial charge < -0.3 is 11.1 Å². The van der Waals surface area contributed by atoms with Gasteiger partial charge in [-0.25, -0.2) is 0 Å². The van der Waals surface area contributed by atoms with Crippen LogP contribution in [0.3, 0.4) is 0 Å². The number of rotatable bonds is 4. The summed E-state index contributed by atoms with van der Waals surface area (Å²) in [4.78, 5) is 16.0. The van der Waals surface area contributed by atoms with E-state index in [0.29, 0.717) is 12.2 Å². The molecule has 0 aliphatic carbocycles. The fourth-order valence-electron chi connectivity index (χ4n) is 1.75. The minimum absolute atomic E-state index is 0.201. The number of hydrogen-bond donors (Lipinski definition) is 3. The van der Waals surface area contributed by atoms with Crippen LogP contribution in [0, 0.1) is 0 Å². The number of aromatic nitrogens is 3. The summed E-state index contributed by atoms with van der Waals surface area (Å²) in [6.45, 7) is 4.37. The van der Waals surface area contributed by atoms with E-state index in [1.165, 1.54) is 0 Å². The summed E-state index contributed by atoms with van der Waals surface area (Å²) in [6, 6.07) is 3.71. The molecule has 1 amide bonds. The lowest BCUT2D eigenvalue weighted by Gasteiger charge is -2.04. The zero-order valence-corrected chi connectivity index (χ0v) is 11.0. The maximum Gasteiger partial charge on any atom is 0.274 e. The molecule has 0 unspecified atom stereocenters. The van der Waals surface area contributed by atoms with E-state index in [4.69, 9.17) is 5.73 Å². The van der Waals surface area contributed by atoms with Crippen molar-refractivity contribution in [3.8, 4) is 0 Å². The number of hydrogen-bond acceptors (Lipinski definition) is 4. The van der Waals surface area contributed by atoms with E-state index < -0.39 is 0 Å². The van der Waals surface area contributed by atoms with E-state index in [0.717, 1.165) is 11.3 Å². The zero-order chi connectivity index (χ0) is 13.8. The fraction of sp³-hybridized carbons (Fsp3) is 0.308. The number of nitrogens with two attached hydrogens (primary N) is 1. The van der Waals surface area contributed by atoms with E-state index in [1.54, 1.807) is 12.4 Å². The maximum absolute atomic E-state index is 12.0. The molecule has 0 spiro atoms. The van der Waals surface area contributed by atoms with E-state index in [-0.39, 0.29) is 17.5 Å². The zero-order valence-electron chi connectivity index (χ0n) is 11.0. The largest absolute Gasteiger partial charge is 0.395 e. The van der Waals surface area contributed by atoms with Crippen molar-refractivity contribution in [3.05, 3.63) is 41.5 Å². The van der Waals surface area contributed by atoms with Crippen LogP contribution in [-0.2, 0) is 6.54 Å². The summed E-state index contributed by atoms with van der Waals surface area (Å²) < 4.78 is 0. The summed E-state index contributed by atoms with van der Waals surface area (Å²) >= 11 is 0. The smallest absolute Gasteiger partial charge is 0.274 e. The van der Waals surface area contributed by atoms with Gasteiger partial charge in [0.15, 0.2) is 5.69 Å². The van der Waals surface area contributed by atoms with Crippen molar-refractivity contribution in [2.24, 2.45) is 0 Å². The predicted molar refractivity (Wildman–Crippen MR) is 72.5 cm³/mol. The van der Waals surface area contributed by atoms with Crippen LogP contribution in [0.4, 0.5) is 5.69 Å². The Morgan fingerprint density at radius 3 is 2.89 bits per heavy atom. The van der Waals surface area contributed by atoms with E-state index in [1.807, 2.05) is 26.0 Å². The van der Waals surface area contributed by atoms with Gasteiger partial charge in [0.2, 0.25) is 0 Å². The van der Waals surface area contributed by atoms with Crippen molar-refractivity contribution in [1.29, 1.82) is 0 Å². The molecular weight excluding hydrogens is 242 g/mol. The summed E-state index contributed by atoms with van der Waals surface area (Å²) in [5.41, 5.74) is 8.27. The van der Waals surface area contributed by atoms with E-state index in [2.05, 4.69) is 20.5 Å². The average molecular weight is 259 g/mol. The lowest BCUT2D eigenvalue weighted by Crippen LogP contribution is -2.24. The molecule has 2 aromatic heterocycles. The first kappa shape index (κ1) is 13.1. The molecule has 2 heterocycles. The number of pyridine rings is 1. The number of H-pyrrole nitrogens is 1. The number of nitrogens with one attached hydrogen (secondary N) is 2. The molecule has 4 N–H and O–H groups in total. The fourth-order valence-corrected chi connectivity index (χ4v) is 1.75. The summed E-state index contributed by atoms with van der Waals surface area (Å²) in [6.07, 6.45) is 3.39. The van der Waals surface area contributed by atoms with Gasteiger partial charge in [0.25, 0.3) is 5.91 Å². The highest BCUT2D eigenvalue weighted by Crippen LogP contribution is 2.21. The number of nitrogen functional groups attached to an aromatic ring is 1. The van der Waals surface area contributed by atoms with Crippen molar-refractivity contribution in [3.63, 3.8) is 0 Å². The van der Waals surface area contributed by atoms with Gasteiger partial charge in [-0.2, -0.15) is 5.10 Å². The van der Waals surface area contributed by atoms with Crippen molar-refractivity contribution < 1.29 is 4.79 Å². The lowest BCUT2D eigenvalue weighted by atomic mass is 10.1. The molecule has 100 valence electrons. The molecule has 0 saturated heterocycles. The van der Waals surface area contributed by atoms with Crippen LogP contribution < -0.4 is 11.1 Å². The first-order valence-electron chi connectivity index (χ1n) is 6.10. The predicted octanol–water partition coefficient (Wildman–Crippen LogP) is 1.44. The highest BCUT2D eigenvalue weighted by atomic mass is 16.1. The van der Waals surface area contributed by atoms with Crippen LogP contribution in [0.2, 0.25) is 0 Å². The van der Waals surface area contributed by atoms with Crippen molar-refractivity contribution >= 4 is 11.6 Å². The Labute approximate surface area is 111 Å². The average Bonchev–Trinajstić information content (AvgIpc) is 2.79. The molecule has 6 heteroatoms. The van der Waals surface area contributed by atoms with Crippen molar-refractivity contribution in [2.45, 2.75) is 26.3 Å². The minimum Gasteiger partial charge on any atom is -0.395 e.